The summed E-state index contributed by atoms with van der Waals surface area (Å²) < 4.78 is 0. The Morgan fingerprint density at radius 3 is 2.30 bits per heavy atom. The molecule has 0 saturated heterocycles. The van der Waals surface area contributed by atoms with Crippen LogP contribution in [0.1, 0.15) is 70.4 Å². The Hall–Kier alpha value is -4.00. The summed E-state index contributed by atoms with van der Waals surface area (Å²) in [6.45, 7) is 11.0. The molecule has 7 heteroatoms. The molecule has 0 aliphatic rings. The predicted octanol–water partition coefficient (Wildman–Crippen LogP) is 7.07. The maximum atomic E-state index is 13.8. The quantitative estimate of drug-likeness (QED) is 0.272. The van der Waals surface area contributed by atoms with E-state index in [1.807, 2.05) is 30.3 Å². The van der Waals surface area contributed by atoms with Gasteiger partial charge in [0.25, 0.3) is 5.56 Å². The number of amides is 2. The maximum absolute atomic E-state index is 13.8. The van der Waals surface area contributed by atoms with Gasteiger partial charge in [-0.15, -0.1) is 0 Å². The van der Waals surface area contributed by atoms with E-state index >= 15 is 0 Å². The number of pyridine rings is 3. The Labute approximate surface area is 218 Å². The number of carbonyl (C=O) groups is 1. The van der Waals surface area contributed by atoms with E-state index in [9.17, 15) is 9.59 Å². The van der Waals surface area contributed by atoms with Gasteiger partial charge in [-0.1, -0.05) is 47.1 Å². The van der Waals surface area contributed by atoms with E-state index in [4.69, 9.17) is 0 Å². The molecule has 4 aromatic rings. The first-order chi connectivity index (χ1) is 17.8. The third-order valence-corrected chi connectivity index (χ3v) is 6.50. The number of fused-ring (bicyclic) bond motifs is 1. The number of nitrogens with one attached hydrogen (secondary N) is 2. The van der Waals surface area contributed by atoms with E-state index < -0.39 is 0 Å². The number of urea groups is 1. The third kappa shape index (κ3) is 5.71. The summed E-state index contributed by atoms with van der Waals surface area (Å²) in [6.07, 6.45) is 5.08. The molecule has 0 unspecified atom stereocenters. The highest BCUT2D eigenvalue weighted by Gasteiger charge is 2.24. The molecule has 0 spiro atoms. The molecule has 0 fully saturated rings. The molecule has 0 saturated carbocycles. The maximum Gasteiger partial charge on any atom is 0.326 e. The van der Waals surface area contributed by atoms with Gasteiger partial charge in [0, 0.05) is 35.6 Å². The molecule has 3 aromatic heterocycles. The van der Waals surface area contributed by atoms with Crippen LogP contribution in [0.15, 0.2) is 65.7 Å². The van der Waals surface area contributed by atoms with Crippen LogP contribution in [0, 0.1) is 0 Å². The molecule has 192 valence electrons. The van der Waals surface area contributed by atoms with Crippen LogP contribution >= 0.6 is 0 Å². The molecular weight excluding hydrogens is 462 g/mol. The predicted molar refractivity (Wildman–Crippen MR) is 151 cm³/mol. The Kier molecular flexibility index (Phi) is 8.01. The van der Waals surface area contributed by atoms with E-state index in [-0.39, 0.29) is 23.4 Å². The number of unbranched alkanes of at least 4 members (excludes halogenated alkanes) is 1. The largest absolute Gasteiger partial charge is 0.326 e. The van der Waals surface area contributed by atoms with E-state index in [1.165, 1.54) is 0 Å². The zero-order valence-corrected chi connectivity index (χ0v) is 22.2. The lowest BCUT2D eigenvalue weighted by atomic mass is 9.89. The van der Waals surface area contributed by atoms with Gasteiger partial charge in [0.15, 0.2) is 0 Å². The van der Waals surface area contributed by atoms with Crippen LogP contribution in [0.2, 0.25) is 0 Å². The molecule has 2 amide bonds. The first-order valence-electron chi connectivity index (χ1n) is 13.0. The number of benzene rings is 1. The first-order valence-corrected chi connectivity index (χ1v) is 13.0. The minimum atomic E-state index is -0.337. The van der Waals surface area contributed by atoms with Crippen molar-refractivity contribution in [3.8, 4) is 11.3 Å². The number of nitrogens with zero attached hydrogens (tertiary/aromatic N) is 3. The lowest BCUT2D eigenvalue weighted by Gasteiger charge is -2.26. The average Bonchev–Trinajstić information content (AvgIpc) is 2.89. The number of hydrogen-bond acceptors (Lipinski definition) is 4. The fraction of sp³-hybridized carbons (Fsp3) is 0.333. The highest BCUT2D eigenvalue weighted by molar-refractivity contribution is 6.03. The van der Waals surface area contributed by atoms with E-state index in [0.717, 1.165) is 46.3 Å². The molecular formula is C30H35N5O2. The number of rotatable bonds is 8. The van der Waals surface area contributed by atoms with Crippen molar-refractivity contribution >= 4 is 28.4 Å². The summed E-state index contributed by atoms with van der Waals surface area (Å²) in [6, 6.07) is 15.2. The zero-order chi connectivity index (χ0) is 26.5. The van der Waals surface area contributed by atoms with Gasteiger partial charge in [-0.25, -0.2) is 9.78 Å². The molecule has 0 radical (unpaired) electrons. The van der Waals surface area contributed by atoms with E-state index in [0.29, 0.717) is 17.9 Å². The molecule has 0 bridgehead atoms. The Morgan fingerprint density at radius 2 is 1.68 bits per heavy atom. The second-order valence-electron chi connectivity index (χ2n) is 9.91. The van der Waals surface area contributed by atoms with Crippen LogP contribution in [0.25, 0.3) is 22.3 Å². The fourth-order valence-electron chi connectivity index (χ4n) is 4.47. The van der Waals surface area contributed by atoms with Crippen molar-refractivity contribution in [2.24, 2.45) is 0 Å². The van der Waals surface area contributed by atoms with Crippen LogP contribution in [-0.2, 0) is 0 Å². The van der Waals surface area contributed by atoms with Crippen molar-refractivity contribution in [1.82, 2.24) is 15.0 Å². The molecule has 7 nitrogen and oxygen atoms in total. The number of carbonyl (C=O) groups excluding carboxylic acids is 1. The highest BCUT2D eigenvalue weighted by Crippen LogP contribution is 2.37. The lowest BCUT2D eigenvalue weighted by molar-refractivity contribution is 0.256. The summed E-state index contributed by atoms with van der Waals surface area (Å²) in [5.41, 5.74) is 5.26. The molecule has 37 heavy (non-hydrogen) atoms. The zero-order valence-electron chi connectivity index (χ0n) is 22.2. The van der Waals surface area contributed by atoms with Crippen molar-refractivity contribution in [1.29, 1.82) is 0 Å². The van der Waals surface area contributed by atoms with Gasteiger partial charge in [-0.05, 0) is 71.8 Å². The molecule has 0 aliphatic heterocycles. The SMILES string of the molecule is CCCCN(C(=O)Nc1c(C(C)C)cc(-c2ccccn2)cc1C(C)C)c1cc2cccnc2[nH]c1=O. The van der Waals surface area contributed by atoms with Crippen LogP contribution < -0.4 is 15.8 Å². The number of aromatic nitrogens is 3. The van der Waals surface area contributed by atoms with Gasteiger partial charge in [-0.2, -0.15) is 0 Å². The second kappa shape index (κ2) is 11.4. The Morgan fingerprint density at radius 1 is 0.973 bits per heavy atom. The molecule has 4 rings (SSSR count). The van der Waals surface area contributed by atoms with Crippen LogP contribution in [-0.4, -0.2) is 27.5 Å². The summed E-state index contributed by atoms with van der Waals surface area (Å²) in [7, 11) is 0. The number of aromatic amines is 1. The molecule has 0 aliphatic carbocycles. The number of hydrogen-bond donors (Lipinski definition) is 2. The highest BCUT2D eigenvalue weighted by atomic mass is 16.2. The monoisotopic (exact) mass is 497 g/mol. The van der Waals surface area contributed by atoms with Crippen molar-refractivity contribution in [3.05, 3.63) is 82.4 Å². The minimum Gasteiger partial charge on any atom is -0.307 e. The minimum absolute atomic E-state index is 0.163. The van der Waals surface area contributed by atoms with E-state index in [1.54, 1.807) is 23.4 Å². The van der Waals surface area contributed by atoms with Gasteiger partial charge in [0.1, 0.15) is 11.3 Å². The van der Waals surface area contributed by atoms with Gasteiger partial charge in [-0.3, -0.25) is 14.7 Å². The van der Waals surface area contributed by atoms with Gasteiger partial charge in [0.05, 0.1) is 5.69 Å². The number of H-pyrrole nitrogens is 1. The molecule has 0 atom stereocenters. The van der Waals surface area contributed by atoms with Crippen LogP contribution in [0.3, 0.4) is 0 Å². The van der Waals surface area contributed by atoms with Crippen molar-refractivity contribution in [2.75, 3.05) is 16.8 Å². The smallest absolute Gasteiger partial charge is 0.307 e. The molecule has 2 N–H and O–H groups in total. The number of anilines is 2. The molecule has 3 heterocycles. The average molecular weight is 498 g/mol. The first kappa shape index (κ1) is 26.1. The van der Waals surface area contributed by atoms with Crippen LogP contribution in [0.5, 0.6) is 0 Å². The standard InChI is InChI=1S/C30H35N5O2/c1-6-7-15-35(26-18-21-11-10-14-32-28(21)34-29(26)36)30(37)33-27-23(19(2)3)16-22(17-24(27)20(4)5)25-12-8-9-13-31-25/h8-14,16-20H,6-7,15H2,1-5H3,(H,33,37)(H,32,34,36). The van der Waals surface area contributed by atoms with E-state index in [2.05, 4.69) is 67.0 Å². The summed E-state index contributed by atoms with van der Waals surface area (Å²) in [5, 5.41) is 3.98. The van der Waals surface area contributed by atoms with Crippen molar-refractivity contribution in [2.45, 2.75) is 59.3 Å². The second-order valence-corrected chi connectivity index (χ2v) is 9.91. The summed E-state index contributed by atoms with van der Waals surface area (Å²) in [4.78, 5) is 40.0. The van der Waals surface area contributed by atoms with Crippen molar-refractivity contribution in [3.63, 3.8) is 0 Å². The van der Waals surface area contributed by atoms with Crippen LogP contribution in [0.4, 0.5) is 16.2 Å². The Bertz CT molecular complexity index is 1410. The lowest BCUT2D eigenvalue weighted by Crippen LogP contribution is -2.39. The fourth-order valence-corrected chi connectivity index (χ4v) is 4.47. The van der Waals surface area contributed by atoms with Gasteiger partial charge in [0.2, 0.25) is 0 Å². The topological polar surface area (TPSA) is 91.0 Å². The summed E-state index contributed by atoms with van der Waals surface area (Å²) in [5.74, 6) is 0.325. The summed E-state index contributed by atoms with van der Waals surface area (Å²) >= 11 is 0. The normalized spacial score (nSPS) is 11.3. The molecule has 1 aromatic carbocycles. The third-order valence-electron chi connectivity index (χ3n) is 6.50. The Balaban J connectivity index is 1.79. The van der Waals surface area contributed by atoms with Crippen molar-refractivity contribution < 1.29 is 4.79 Å². The van der Waals surface area contributed by atoms with Gasteiger partial charge >= 0.3 is 6.03 Å². The van der Waals surface area contributed by atoms with Gasteiger partial charge < -0.3 is 10.3 Å².